The van der Waals surface area contributed by atoms with Crippen LogP contribution in [0, 0.1) is 0 Å². The first-order valence-corrected chi connectivity index (χ1v) is 24.6. The van der Waals surface area contributed by atoms with Crippen LogP contribution in [0.15, 0.2) is 24.3 Å². The molecule has 0 fully saturated rings. The van der Waals surface area contributed by atoms with Gasteiger partial charge in [-0.2, -0.15) is 0 Å². The summed E-state index contributed by atoms with van der Waals surface area (Å²) < 4.78 is 2.48. The van der Waals surface area contributed by atoms with Crippen molar-refractivity contribution < 1.29 is 36.4 Å². The average molecular weight is 826 g/mol. The van der Waals surface area contributed by atoms with Crippen molar-refractivity contribution in [1.29, 1.82) is 0 Å². The standard InChI is InChI=1S/2C22H48N.C7H6O3.ClH/c2*1-5-7-9-11-13-15-17-19-21-23(3,4)22-20-18-16-14-12-10-8-6-2;8-6-4-2-1-3-5(6)7(9)10;/h2*5-22H2,1-4H3;1-4,8H,(H,9,10);1H/q2*+1;;/p-2. The molecule has 0 heterocycles. The molecule has 0 aliphatic heterocycles. The van der Waals surface area contributed by atoms with Crippen LogP contribution in [0.25, 0.3) is 0 Å². The van der Waals surface area contributed by atoms with Crippen LogP contribution in [-0.2, 0) is 0 Å². The molecule has 0 bridgehead atoms. The summed E-state index contributed by atoms with van der Waals surface area (Å²) in [6, 6.07) is 5.54. The summed E-state index contributed by atoms with van der Waals surface area (Å²) >= 11 is 0. The van der Waals surface area contributed by atoms with E-state index in [0.29, 0.717) is 0 Å². The smallest absolute Gasteiger partial charge is 0.335 e. The van der Waals surface area contributed by atoms with E-state index in [0.717, 1.165) is 0 Å². The van der Waals surface area contributed by atoms with E-state index >= 15 is 0 Å². The molecule has 0 radical (unpaired) electrons. The number of unbranched alkanes of at least 4 members (excludes halogenated alkanes) is 28. The number of hydrogen-bond acceptors (Lipinski definition) is 2. The quantitative estimate of drug-likeness (QED) is 0.0537. The first-order chi connectivity index (χ1) is 27.0. The summed E-state index contributed by atoms with van der Waals surface area (Å²) in [6.07, 6.45) is 46.1. The number of aromatic carboxylic acids is 1. The van der Waals surface area contributed by atoms with Gasteiger partial charge in [-0.1, -0.05) is 206 Å². The normalized spacial score (nSPS) is 11.3. The summed E-state index contributed by atoms with van der Waals surface area (Å²) in [7, 11) is 9.73. The van der Waals surface area contributed by atoms with E-state index in [1.54, 1.807) is 0 Å². The van der Waals surface area contributed by atoms with Crippen LogP contribution in [0.5, 0.6) is 5.75 Å². The third-order valence-electron chi connectivity index (χ3n) is 11.6. The minimum absolute atomic E-state index is 0. The minimum atomic E-state index is -1.18. The fourth-order valence-corrected chi connectivity index (χ4v) is 7.56. The second-order valence-corrected chi connectivity index (χ2v) is 18.5. The van der Waals surface area contributed by atoms with Crippen LogP contribution in [0.1, 0.15) is 244 Å². The van der Waals surface area contributed by atoms with Crippen molar-refractivity contribution in [3.05, 3.63) is 29.8 Å². The lowest BCUT2D eigenvalue weighted by atomic mass is 10.1. The number of halogens is 1. The molecule has 0 aliphatic rings. The Morgan fingerprint density at radius 1 is 0.421 bits per heavy atom. The predicted octanol–water partition coefficient (Wildman–Crippen LogP) is 12.2. The van der Waals surface area contributed by atoms with E-state index < -0.39 is 11.7 Å². The molecule has 1 rings (SSSR count). The van der Waals surface area contributed by atoms with Gasteiger partial charge in [0.1, 0.15) is 0 Å². The first-order valence-electron chi connectivity index (χ1n) is 24.6. The van der Waals surface area contributed by atoms with Crippen molar-refractivity contribution >= 4 is 5.97 Å². The van der Waals surface area contributed by atoms with Gasteiger partial charge < -0.3 is 31.6 Å². The van der Waals surface area contributed by atoms with Gasteiger partial charge in [0, 0.05) is 0 Å². The molecule has 0 aromatic heterocycles. The van der Waals surface area contributed by atoms with Crippen LogP contribution < -0.4 is 17.5 Å². The molecule has 0 aliphatic carbocycles. The molecule has 1 N–H and O–H groups in total. The highest BCUT2D eigenvalue weighted by Gasteiger charge is 2.14. The molecule has 0 saturated heterocycles. The minimum Gasteiger partial charge on any atom is -1.00 e. The Balaban J connectivity index is -0.000000814. The Kier molecular flexibility index (Phi) is 46.6. The largest absolute Gasteiger partial charge is 1.00 e. The number of hydrogen-bond donors (Lipinski definition) is 1. The van der Waals surface area contributed by atoms with Crippen LogP contribution in [0.4, 0.5) is 0 Å². The van der Waals surface area contributed by atoms with Gasteiger partial charge in [0.25, 0.3) is 0 Å². The fraction of sp³-hybridized carbons (Fsp3) is 0.863. The van der Waals surface area contributed by atoms with Crippen molar-refractivity contribution in [2.45, 2.75) is 233 Å². The highest BCUT2D eigenvalue weighted by atomic mass is 35.5. The third-order valence-corrected chi connectivity index (χ3v) is 11.6. The Labute approximate surface area is 364 Å². The molecular formula is C51H101ClN2O3. The molecule has 0 saturated carbocycles. The van der Waals surface area contributed by atoms with Gasteiger partial charge in [-0.05, 0) is 57.4 Å². The topological polar surface area (TPSA) is 60.4 Å². The summed E-state index contributed by atoms with van der Waals surface area (Å²) in [5, 5.41) is 19.0. The van der Waals surface area contributed by atoms with Crippen molar-refractivity contribution in [1.82, 2.24) is 0 Å². The number of carboxylic acids is 1. The molecule has 0 spiro atoms. The fourth-order valence-electron chi connectivity index (χ4n) is 7.56. The van der Waals surface area contributed by atoms with Gasteiger partial charge in [-0.25, -0.2) is 4.79 Å². The Hall–Kier alpha value is -1.30. The lowest BCUT2D eigenvalue weighted by Crippen LogP contribution is -3.00. The van der Waals surface area contributed by atoms with Crippen molar-refractivity contribution in [2.75, 3.05) is 54.4 Å². The summed E-state index contributed by atoms with van der Waals surface area (Å²) in [4.78, 5) is 10.2. The summed E-state index contributed by atoms with van der Waals surface area (Å²) in [6.45, 7) is 14.7. The SMILES string of the molecule is CCCCCCCCCC[N+](C)(C)CCCCCCCCCC.CCCCCCCCCC[N+](C)(C)CCCCCCCCCC.O=C(O)c1ccccc1[O-].[Cl-]. The summed E-state index contributed by atoms with van der Waals surface area (Å²) in [5.74, 6) is -1.62. The molecule has 1 aromatic rings. The number of benzene rings is 1. The van der Waals surface area contributed by atoms with E-state index in [1.165, 1.54) is 265 Å². The third kappa shape index (κ3) is 45.6. The number of carboxylic acid groups (broad SMARTS) is 1. The molecule has 340 valence electrons. The average Bonchev–Trinajstić information content (AvgIpc) is 3.16. The van der Waals surface area contributed by atoms with Crippen LogP contribution in [0.3, 0.4) is 0 Å². The van der Waals surface area contributed by atoms with Gasteiger partial charge in [-0.15, -0.1) is 0 Å². The van der Waals surface area contributed by atoms with Gasteiger partial charge in [0.2, 0.25) is 0 Å². The number of nitrogens with zero attached hydrogens (tertiary/aromatic N) is 2. The maximum absolute atomic E-state index is 10.7. The number of rotatable bonds is 37. The van der Waals surface area contributed by atoms with Crippen molar-refractivity contribution in [2.24, 2.45) is 0 Å². The predicted molar refractivity (Wildman–Crippen MR) is 247 cm³/mol. The van der Waals surface area contributed by atoms with E-state index in [9.17, 15) is 9.90 Å². The van der Waals surface area contributed by atoms with Crippen molar-refractivity contribution in [3.63, 3.8) is 0 Å². The van der Waals surface area contributed by atoms with E-state index in [1.807, 2.05) is 0 Å². The molecule has 0 amide bonds. The Bertz CT molecular complexity index is 862. The zero-order chi connectivity index (χ0) is 42.0. The first kappa shape index (κ1) is 60.0. The molecule has 0 unspecified atom stereocenters. The highest BCUT2D eigenvalue weighted by molar-refractivity contribution is 5.90. The second-order valence-electron chi connectivity index (χ2n) is 18.5. The van der Waals surface area contributed by atoms with Crippen molar-refractivity contribution in [3.8, 4) is 5.75 Å². The van der Waals surface area contributed by atoms with Crippen LogP contribution in [-0.4, -0.2) is 74.4 Å². The van der Waals surface area contributed by atoms with Gasteiger partial charge in [-0.3, -0.25) is 0 Å². The Morgan fingerprint density at radius 3 is 0.825 bits per heavy atom. The number of para-hydroxylation sites is 1. The monoisotopic (exact) mass is 825 g/mol. The van der Waals surface area contributed by atoms with E-state index in [2.05, 4.69) is 55.9 Å². The Morgan fingerprint density at radius 2 is 0.632 bits per heavy atom. The van der Waals surface area contributed by atoms with E-state index in [-0.39, 0.29) is 18.0 Å². The molecular weight excluding hydrogens is 724 g/mol. The van der Waals surface area contributed by atoms with Gasteiger partial charge in [0.05, 0.1) is 59.9 Å². The zero-order valence-corrected chi connectivity index (χ0v) is 40.6. The maximum Gasteiger partial charge on any atom is 0.335 e. The lowest BCUT2D eigenvalue weighted by molar-refractivity contribution is -0.890. The number of quaternary nitrogens is 2. The second kappa shape index (κ2) is 44.3. The van der Waals surface area contributed by atoms with Crippen LogP contribution >= 0.6 is 0 Å². The molecule has 6 heteroatoms. The van der Waals surface area contributed by atoms with Crippen LogP contribution in [0.2, 0.25) is 0 Å². The molecule has 57 heavy (non-hydrogen) atoms. The maximum atomic E-state index is 10.7. The van der Waals surface area contributed by atoms with Gasteiger partial charge in [0.15, 0.2) is 0 Å². The lowest BCUT2D eigenvalue weighted by Gasteiger charge is -2.30. The summed E-state index contributed by atoms with van der Waals surface area (Å²) in [5.41, 5.74) is -0.178. The molecule has 1 aromatic carbocycles. The van der Waals surface area contributed by atoms with E-state index in [4.69, 9.17) is 5.11 Å². The zero-order valence-electron chi connectivity index (χ0n) is 39.8. The molecule has 5 nitrogen and oxygen atoms in total. The van der Waals surface area contributed by atoms with Gasteiger partial charge >= 0.3 is 5.97 Å². The number of carbonyl (C=O) groups is 1. The molecule has 0 atom stereocenters. The highest BCUT2D eigenvalue weighted by Crippen LogP contribution is 2.15.